The quantitative estimate of drug-likeness (QED) is 0.650. The summed E-state index contributed by atoms with van der Waals surface area (Å²) in [5, 5.41) is 0. The molecule has 0 aromatic heterocycles. The molecule has 0 bridgehead atoms. The number of fused-ring (bicyclic) bond motifs is 1. The van der Waals surface area contributed by atoms with Gasteiger partial charge in [-0.25, -0.2) is 10.9 Å². The van der Waals surface area contributed by atoms with Crippen molar-refractivity contribution in [3.63, 3.8) is 0 Å². The lowest BCUT2D eigenvalue weighted by atomic mass is 9.74. The lowest BCUT2D eigenvalue weighted by Crippen LogP contribution is -2.52. The molecule has 3 heterocycles. The summed E-state index contributed by atoms with van der Waals surface area (Å²) in [6, 6.07) is 10.1. The second-order valence-electron chi connectivity index (χ2n) is 9.98. The van der Waals surface area contributed by atoms with E-state index in [9.17, 15) is 18.0 Å². The maximum atomic E-state index is 13.9. The first kappa shape index (κ1) is 22.8. The highest BCUT2D eigenvalue weighted by molar-refractivity contribution is 6.10. The highest BCUT2D eigenvalue weighted by Crippen LogP contribution is 2.43. The van der Waals surface area contributed by atoms with Crippen LogP contribution >= 0.6 is 0 Å². The van der Waals surface area contributed by atoms with Crippen molar-refractivity contribution in [2.24, 2.45) is 0 Å². The maximum Gasteiger partial charge on any atom is 0.416 e. The Bertz CT molecular complexity index is 1160. The molecule has 2 aromatic carbocycles. The first-order chi connectivity index (χ1) is 16.7. The third kappa shape index (κ3) is 4.08. The normalized spacial score (nSPS) is 23.9. The van der Waals surface area contributed by atoms with E-state index in [4.69, 9.17) is 9.47 Å². The Balaban J connectivity index is 1.31. The number of benzene rings is 2. The van der Waals surface area contributed by atoms with E-state index in [1.807, 2.05) is 25.2 Å². The van der Waals surface area contributed by atoms with Crippen molar-refractivity contribution in [3.05, 3.63) is 58.7 Å². The molecule has 1 aliphatic carbocycles. The zero-order chi connectivity index (χ0) is 24.4. The van der Waals surface area contributed by atoms with E-state index < -0.39 is 17.6 Å². The Morgan fingerprint density at radius 1 is 1.20 bits per heavy atom. The van der Waals surface area contributed by atoms with Crippen LogP contribution in [0.1, 0.15) is 46.3 Å². The van der Waals surface area contributed by atoms with Crippen LogP contribution in [-0.4, -0.2) is 50.0 Å². The second kappa shape index (κ2) is 8.19. The first-order valence-corrected chi connectivity index (χ1v) is 11.8. The molecule has 0 spiro atoms. The summed E-state index contributed by atoms with van der Waals surface area (Å²) in [4.78, 5) is 17.0. The maximum absolute atomic E-state index is 13.9. The molecule has 4 aliphatic rings. The number of anilines is 1. The van der Waals surface area contributed by atoms with Gasteiger partial charge in [-0.15, -0.1) is 0 Å². The zero-order valence-electron chi connectivity index (χ0n) is 19.3. The predicted molar refractivity (Wildman–Crippen MR) is 122 cm³/mol. The number of carbonyl (C=O) groups is 1. The summed E-state index contributed by atoms with van der Waals surface area (Å²) >= 11 is 0. The van der Waals surface area contributed by atoms with Crippen LogP contribution in [0.4, 0.5) is 18.9 Å². The molecule has 35 heavy (non-hydrogen) atoms. The number of hydrogen-bond acceptors (Lipinski definition) is 6. The number of rotatable bonds is 6. The number of nitrogens with one attached hydrogen (secondary N) is 2. The van der Waals surface area contributed by atoms with Crippen LogP contribution < -0.4 is 20.5 Å². The van der Waals surface area contributed by atoms with Gasteiger partial charge in [-0.3, -0.25) is 9.69 Å². The summed E-state index contributed by atoms with van der Waals surface area (Å²) in [7, 11) is 2.03. The molecule has 3 aliphatic heterocycles. The summed E-state index contributed by atoms with van der Waals surface area (Å²) in [5.41, 5.74) is 7.03. The van der Waals surface area contributed by atoms with Crippen molar-refractivity contribution in [1.29, 1.82) is 0 Å². The molecule has 1 atom stereocenters. The SMILES string of the molecule is CN1CNNC1CC1(c2cccc(N3Cc4c(cc(OC5CC5)cc4C(F)(F)F)C3=O)c2)COC1. The fraction of sp³-hybridized carbons (Fsp3) is 0.480. The molecule has 186 valence electrons. The van der Waals surface area contributed by atoms with Gasteiger partial charge in [0.05, 0.1) is 44.3 Å². The van der Waals surface area contributed by atoms with E-state index in [-0.39, 0.29) is 41.1 Å². The van der Waals surface area contributed by atoms with Crippen LogP contribution in [0.3, 0.4) is 0 Å². The molecular formula is C25H27F3N4O3. The van der Waals surface area contributed by atoms with E-state index in [0.29, 0.717) is 18.9 Å². The monoisotopic (exact) mass is 488 g/mol. The Hall–Kier alpha value is -2.66. The Morgan fingerprint density at radius 2 is 2.00 bits per heavy atom. The number of hydrogen-bond donors (Lipinski definition) is 2. The van der Waals surface area contributed by atoms with Crippen molar-refractivity contribution >= 4 is 11.6 Å². The molecule has 1 amide bonds. The van der Waals surface area contributed by atoms with Crippen LogP contribution in [0, 0.1) is 0 Å². The lowest BCUT2D eigenvalue weighted by Gasteiger charge is -2.44. The molecule has 10 heteroatoms. The summed E-state index contributed by atoms with van der Waals surface area (Å²) < 4.78 is 53.0. The second-order valence-corrected chi connectivity index (χ2v) is 9.98. The molecule has 0 radical (unpaired) electrons. The third-order valence-corrected chi connectivity index (χ3v) is 7.39. The smallest absolute Gasteiger partial charge is 0.416 e. The fourth-order valence-corrected chi connectivity index (χ4v) is 5.13. The molecular weight excluding hydrogens is 461 g/mol. The Labute approximate surface area is 201 Å². The first-order valence-electron chi connectivity index (χ1n) is 11.8. The van der Waals surface area contributed by atoms with Crippen molar-refractivity contribution in [3.8, 4) is 5.75 Å². The summed E-state index contributed by atoms with van der Waals surface area (Å²) in [6.07, 6.45) is -2.08. The predicted octanol–water partition coefficient (Wildman–Crippen LogP) is 3.39. The Kier molecular flexibility index (Phi) is 5.33. The largest absolute Gasteiger partial charge is 0.490 e. The number of hydrazine groups is 1. The van der Waals surface area contributed by atoms with Crippen molar-refractivity contribution in [2.45, 2.75) is 49.7 Å². The minimum atomic E-state index is -4.58. The Morgan fingerprint density at radius 3 is 2.63 bits per heavy atom. The average molecular weight is 489 g/mol. The highest BCUT2D eigenvalue weighted by Gasteiger charge is 2.45. The number of halogens is 3. The van der Waals surface area contributed by atoms with Gasteiger partial charge in [0.15, 0.2) is 0 Å². The highest BCUT2D eigenvalue weighted by atomic mass is 19.4. The molecule has 3 fully saturated rings. The zero-order valence-corrected chi connectivity index (χ0v) is 19.3. The standard InChI is InChI=1S/C25H27F3N4O3/c1-31-14-29-30-22(31)10-24(12-34-13-24)15-3-2-4-16(7-15)32-11-20-19(23(32)33)8-18(35-17-5-6-17)9-21(20)25(26,27)28/h2-4,7-9,17,22,29-30H,5-6,10-14H2,1H3. The van der Waals surface area contributed by atoms with Crippen LogP contribution in [0.5, 0.6) is 5.75 Å². The number of alkyl halides is 3. The van der Waals surface area contributed by atoms with Crippen molar-refractivity contribution in [2.75, 3.05) is 31.8 Å². The van der Waals surface area contributed by atoms with Gasteiger partial charge in [-0.05, 0) is 61.7 Å². The molecule has 2 aromatic rings. The van der Waals surface area contributed by atoms with Crippen LogP contribution in [-0.2, 0) is 22.9 Å². The minimum Gasteiger partial charge on any atom is -0.490 e. The van der Waals surface area contributed by atoms with E-state index in [2.05, 4.69) is 15.8 Å². The fourth-order valence-electron chi connectivity index (χ4n) is 5.13. The van der Waals surface area contributed by atoms with Gasteiger partial charge in [0.1, 0.15) is 5.75 Å². The molecule has 7 nitrogen and oxygen atoms in total. The van der Waals surface area contributed by atoms with Crippen LogP contribution in [0.15, 0.2) is 36.4 Å². The molecule has 1 unspecified atom stereocenters. The number of ether oxygens (including phenoxy) is 2. The number of amides is 1. The van der Waals surface area contributed by atoms with Crippen LogP contribution in [0.25, 0.3) is 0 Å². The van der Waals surface area contributed by atoms with Crippen molar-refractivity contribution < 1.29 is 27.4 Å². The topological polar surface area (TPSA) is 66.1 Å². The van der Waals surface area contributed by atoms with Gasteiger partial charge in [0.2, 0.25) is 0 Å². The van der Waals surface area contributed by atoms with Gasteiger partial charge in [-0.1, -0.05) is 12.1 Å². The summed E-state index contributed by atoms with van der Waals surface area (Å²) in [5.74, 6) is -0.334. The van der Waals surface area contributed by atoms with E-state index in [0.717, 1.165) is 37.6 Å². The van der Waals surface area contributed by atoms with Gasteiger partial charge in [-0.2, -0.15) is 13.2 Å². The summed E-state index contributed by atoms with van der Waals surface area (Å²) in [6.45, 7) is 1.71. The van der Waals surface area contributed by atoms with Gasteiger partial charge in [0.25, 0.3) is 5.91 Å². The van der Waals surface area contributed by atoms with Gasteiger partial charge in [0, 0.05) is 16.7 Å². The lowest BCUT2D eigenvalue weighted by molar-refractivity contribution is -0.138. The van der Waals surface area contributed by atoms with Crippen LogP contribution in [0.2, 0.25) is 0 Å². The molecule has 6 rings (SSSR count). The average Bonchev–Trinajstić information content (AvgIpc) is 3.42. The molecule has 2 N–H and O–H groups in total. The molecule has 1 saturated carbocycles. The molecule has 2 saturated heterocycles. The number of nitrogens with zero attached hydrogens (tertiary/aromatic N) is 2. The van der Waals surface area contributed by atoms with E-state index in [1.54, 1.807) is 6.07 Å². The third-order valence-electron chi connectivity index (χ3n) is 7.39. The van der Waals surface area contributed by atoms with Gasteiger partial charge < -0.3 is 14.4 Å². The number of carbonyl (C=O) groups excluding carboxylic acids is 1. The van der Waals surface area contributed by atoms with E-state index >= 15 is 0 Å². The van der Waals surface area contributed by atoms with E-state index in [1.165, 1.54) is 11.0 Å². The van der Waals surface area contributed by atoms with Crippen molar-refractivity contribution in [1.82, 2.24) is 15.8 Å². The minimum absolute atomic E-state index is 0.000551. The van der Waals surface area contributed by atoms with Gasteiger partial charge >= 0.3 is 6.18 Å².